The van der Waals surface area contributed by atoms with Crippen LogP contribution in [0.5, 0.6) is 0 Å². The highest BCUT2D eigenvalue weighted by Gasteiger charge is 2.27. The van der Waals surface area contributed by atoms with Crippen LogP contribution in [0.3, 0.4) is 0 Å². The minimum absolute atomic E-state index is 0.0556. The molecular weight excluding hydrogens is 184 g/mol. The highest BCUT2D eigenvalue weighted by molar-refractivity contribution is 5.23. The fourth-order valence-electron chi connectivity index (χ4n) is 1.75. The Morgan fingerprint density at radius 1 is 1.33 bits per heavy atom. The summed E-state index contributed by atoms with van der Waals surface area (Å²) in [6.07, 6.45) is 2.44. The summed E-state index contributed by atoms with van der Waals surface area (Å²) in [6, 6.07) is 13.1. The summed E-state index contributed by atoms with van der Waals surface area (Å²) in [6.45, 7) is 2.11. The molecule has 1 aromatic carbocycles. The van der Waals surface area contributed by atoms with Crippen LogP contribution in [-0.4, -0.2) is 12.1 Å². The van der Waals surface area contributed by atoms with Gasteiger partial charge in [-0.05, 0) is 18.4 Å². The molecule has 2 rings (SSSR count). The van der Waals surface area contributed by atoms with E-state index >= 15 is 0 Å². The van der Waals surface area contributed by atoms with E-state index in [-0.39, 0.29) is 12.0 Å². The van der Waals surface area contributed by atoms with Crippen LogP contribution in [0.2, 0.25) is 0 Å². The van der Waals surface area contributed by atoms with E-state index in [9.17, 15) is 0 Å². The standard InChI is InChI=1S/C13H16N2/c1-10(11-5-3-2-4-6-11)13(9-14)15-12-7-8-12/h2-6,10,12-13,15H,7-8H2,1H3. The van der Waals surface area contributed by atoms with Crippen LogP contribution in [0.1, 0.15) is 31.2 Å². The molecule has 0 aromatic heterocycles. The number of benzene rings is 1. The number of hydrogen-bond acceptors (Lipinski definition) is 2. The lowest BCUT2D eigenvalue weighted by Gasteiger charge is -2.19. The van der Waals surface area contributed by atoms with Gasteiger partial charge in [-0.3, -0.25) is 5.32 Å². The van der Waals surface area contributed by atoms with Gasteiger partial charge in [-0.25, -0.2) is 0 Å². The third-order valence-corrected chi connectivity index (χ3v) is 2.96. The first-order valence-corrected chi connectivity index (χ1v) is 5.52. The Morgan fingerprint density at radius 2 is 2.00 bits per heavy atom. The van der Waals surface area contributed by atoms with Gasteiger partial charge in [-0.2, -0.15) is 5.26 Å². The third-order valence-electron chi connectivity index (χ3n) is 2.96. The largest absolute Gasteiger partial charge is 0.299 e. The van der Waals surface area contributed by atoms with Crippen LogP contribution >= 0.6 is 0 Å². The van der Waals surface area contributed by atoms with Crippen LogP contribution in [-0.2, 0) is 0 Å². The average molecular weight is 200 g/mol. The van der Waals surface area contributed by atoms with Crippen molar-refractivity contribution < 1.29 is 0 Å². The SMILES string of the molecule is CC(c1ccccc1)C(C#N)NC1CC1. The van der Waals surface area contributed by atoms with E-state index in [1.165, 1.54) is 18.4 Å². The van der Waals surface area contributed by atoms with Crippen LogP contribution in [0.15, 0.2) is 30.3 Å². The van der Waals surface area contributed by atoms with Gasteiger partial charge in [-0.1, -0.05) is 37.3 Å². The summed E-state index contributed by atoms with van der Waals surface area (Å²) in [5.74, 6) is 0.261. The molecule has 1 aliphatic rings. The van der Waals surface area contributed by atoms with Gasteiger partial charge in [0.1, 0.15) is 6.04 Å². The summed E-state index contributed by atoms with van der Waals surface area (Å²) in [5.41, 5.74) is 1.23. The van der Waals surface area contributed by atoms with E-state index < -0.39 is 0 Å². The zero-order valence-electron chi connectivity index (χ0n) is 8.98. The fourth-order valence-corrected chi connectivity index (χ4v) is 1.75. The van der Waals surface area contributed by atoms with Crippen LogP contribution in [0.4, 0.5) is 0 Å². The molecule has 0 aliphatic heterocycles. The fraction of sp³-hybridized carbons (Fsp3) is 0.462. The summed E-state index contributed by atoms with van der Waals surface area (Å²) in [4.78, 5) is 0. The third kappa shape index (κ3) is 2.57. The lowest BCUT2D eigenvalue weighted by Crippen LogP contribution is -2.34. The molecule has 1 N–H and O–H groups in total. The zero-order valence-corrected chi connectivity index (χ0v) is 8.98. The van der Waals surface area contributed by atoms with E-state index in [2.05, 4.69) is 30.4 Å². The first-order chi connectivity index (χ1) is 7.31. The monoisotopic (exact) mass is 200 g/mol. The average Bonchev–Trinajstić information content (AvgIpc) is 3.10. The molecule has 1 aliphatic carbocycles. The van der Waals surface area contributed by atoms with E-state index in [0.717, 1.165) is 0 Å². The first-order valence-electron chi connectivity index (χ1n) is 5.52. The molecule has 2 heteroatoms. The summed E-state index contributed by atoms with van der Waals surface area (Å²) in [7, 11) is 0. The molecule has 1 fully saturated rings. The van der Waals surface area contributed by atoms with E-state index in [4.69, 9.17) is 5.26 Å². The van der Waals surface area contributed by atoms with Crippen LogP contribution < -0.4 is 5.32 Å². The highest BCUT2D eigenvalue weighted by Crippen LogP contribution is 2.24. The topological polar surface area (TPSA) is 35.8 Å². The van der Waals surface area contributed by atoms with Crippen molar-refractivity contribution in [2.24, 2.45) is 0 Å². The van der Waals surface area contributed by atoms with Gasteiger partial charge in [0.15, 0.2) is 0 Å². The number of hydrogen-bond donors (Lipinski definition) is 1. The normalized spacial score (nSPS) is 19.2. The highest BCUT2D eigenvalue weighted by atomic mass is 15.0. The summed E-state index contributed by atoms with van der Waals surface area (Å²) >= 11 is 0. The van der Waals surface area contributed by atoms with E-state index in [1.54, 1.807) is 0 Å². The van der Waals surface area contributed by atoms with Gasteiger partial charge in [0.25, 0.3) is 0 Å². The molecule has 0 amide bonds. The van der Waals surface area contributed by atoms with Crippen molar-refractivity contribution in [1.29, 1.82) is 5.26 Å². The minimum atomic E-state index is -0.0556. The first kappa shape index (κ1) is 10.2. The Bertz CT molecular complexity index is 349. The number of nitrogens with one attached hydrogen (secondary N) is 1. The molecule has 0 heterocycles. The molecule has 2 unspecified atom stereocenters. The minimum Gasteiger partial charge on any atom is -0.299 e. The summed E-state index contributed by atoms with van der Waals surface area (Å²) in [5, 5.41) is 12.5. The van der Waals surface area contributed by atoms with Crippen molar-refractivity contribution in [3.63, 3.8) is 0 Å². The van der Waals surface area contributed by atoms with Crippen molar-refractivity contribution >= 4 is 0 Å². The van der Waals surface area contributed by atoms with Gasteiger partial charge in [0.05, 0.1) is 6.07 Å². The second-order valence-electron chi connectivity index (χ2n) is 4.25. The number of rotatable bonds is 4. The van der Waals surface area contributed by atoms with Gasteiger partial charge in [0.2, 0.25) is 0 Å². The quantitative estimate of drug-likeness (QED) is 0.810. The van der Waals surface area contributed by atoms with Gasteiger partial charge >= 0.3 is 0 Å². The Hall–Kier alpha value is -1.33. The Labute approximate surface area is 90.9 Å². The van der Waals surface area contributed by atoms with Gasteiger partial charge < -0.3 is 0 Å². The van der Waals surface area contributed by atoms with Crippen molar-refractivity contribution in [2.45, 2.75) is 37.8 Å². The molecule has 0 saturated heterocycles. The molecule has 78 valence electrons. The Morgan fingerprint density at radius 3 is 2.53 bits per heavy atom. The lowest BCUT2D eigenvalue weighted by atomic mass is 9.94. The Balaban J connectivity index is 2.04. The van der Waals surface area contributed by atoms with Gasteiger partial charge in [0, 0.05) is 12.0 Å². The molecule has 1 aromatic rings. The van der Waals surface area contributed by atoms with Crippen molar-refractivity contribution in [2.75, 3.05) is 0 Å². The number of nitriles is 1. The number of nitrogens with zero attached hydrogens (tertiary/aromatic N) is 1. The van der Waals surface area contributed by atoms with Crippen LogP contribution in [0, 0.1) is 11.3 Å². The molecule has 0 bridgehead atoms. The lowest BCUT2D eigenvalue weighted by molar-refractivity contribution is 0.527. The molecule has 1 saturated carbocycles. The molecular formula is C13H16N2. The van der Waals surface area contributed by atoms with E-state index in [1.807, 2.05) is 18.2 Å². The Kier molecular flexibility index (Phi) is 3.03. The molecule has 2 nitrogen and oxygen atoms in total. The maximum atomic E-state index is 9.12. The smallest absolute Gasteiger partial charge is 0.102 e. The molecule has 2 atom stereocenters. The predicted molar refractivity (Wildman–Crippen MR) is 60.4 cm³/mol. The predicted octanol–water partition coefficient (Wildman–Crippen LogP) is 2.43. The van der Waals surface area contributed by atoms with Gasteiger partial charge in [-0.15, -0.1) is 0 Å². The second kappa shape index (κ2) is 4.46. The molecule has 15 heavy (non-hydrogen) atoms. The maximum absolute atomic E-state index is 9.12. The van der Waals surface area contributed by atoms with Crippen molar-refractivity contribution in [3.05, 3.63) is 35.9 Å². The van der Waals surface area contributed by atoms with E-state index in [0.29, 0.717) is 6.04 Å². The van der Waals surface area contributed by atoms with Crippen molar-refractivity contribution in [3.8, 4) is 6.07 Å². The maximum Gasteiger partial charge on any atom is 0.102 e. The zero-order chi connectivity index (χ0) is 10.7. The van der Waals surface area contributed by atoms with Crippen LogP contribution in [0.25, 0.3) is 0 Å². The molecule has 0 radical (unpaired) electrons. The van der Waals surface area contributed by atoms with Crippen molar-refractivity contribution in [1.82, 2.24) is 5.32 Å². The molecule has 0 spiro atoms. The summed E-state index contributed by atoms with van der Waals surface area (Å²) < 4.78 is 0. The second-order valence-corrected chi connectivity index (χ2v) is 4.25.